The van der Waals surface area contributed by atoms with E-state index in [0.29, 0.717) is 41.2 Å². The highest BCUT2D eigenvalue weighted by Gasteiger charge is 2.34. The van der Waals surface area contributed by atoms with Crippen molar-refractivity contribution in [2.75, 3.05) is 19.0 Å². The first-order valence-corrected chi connectivity index (χ1v) is 8.02. The number of alkyl halides is 1. The molecule has 102 valence electrons. The molecule has 1 aliphatic heterocycles. The van der Waals surface area contributed by atoms with Crippen LogP contribution in [0.5, 0.6) is 0 Å². The smallest absolute Gasteiger partial charge is 0.246 e. The third-order valence-corrected chi connectivity index (χ3v) is 5.77. The lowest BCUT2D eigenvalue weighted by Crippen LogP contribution is -2.29. The van der Waals surface area contributed by atoms with Crippen LogP contribution in [0, 0.1) is 19.8 Å². The summed E-state index contributed by atoms with van der Waals surface area (Å²) in [5.74, 6) is 0.965. The predicted molar refractivity (Wildman–Crippen MR) is 70.3 cm³/mol. The largest absolute Gasteiger partial charge is 0.281 e. The van der Waals surface area contributed by atoms with Gasteiger partial charge in [0.1, 0.15) is 4.90 Å². The Kier molecular flexibility index (Phi) is 3.99. The SMILES string of the molecule is Cc1n[nH]c(C)c1S(=O)(=O)N1CCC(CCCl)C1. The molecule has 0 bridgehead atoms. The van der Waals surface area contributed by atoms with E-state index < -0.39 is 10.0 Å². The first kappa shape index (κ1) is 13.8. The molecule has 18 heavy (non-hydrogen) atoms. The van der Waals surface area contributed by atoms with Gasteiger partial charge < -0.3 is 0 Å². The minimum Gasteiger partial charge on any atom is -0.281 e. The van der Waals surface area contributed by atoms with Gasteiger partial charge in [0.15, 0.2) is 0 Å². The summed E-state index contributed by atoms with van der Waals surface area (Å²) in [4.78, 5) is 0.328. The van der Waals surface area contributed by atoms with Gasteiger partial charge in [-0.1, -0.05) is 0 Å². The van der Waals surface area contributed by atoms with E-state index in [2.05, 4.69) is 10.2 Å². The summed E-state index contributed by atoms with van der Waals surface area (Å²) in [6.45, 7) is 4.59. The summed E-state index contributed by atoms with van der Waals surface area (Å²) in [5, 5.41) is 6.68. The second-order valence-electron chi connectivity index (χ2n) is 4.76. The number of aryl methyl sites for hydroxylation is 2. The number of aromatic nitrogens is 2. The van der Waals surface area contributed by atoms with Crippen molar-refractivity contribution in [2.24, 2.45) is 5.92 Å². The zero-order valence-corrected chi connectivity index (χ0v) is 12.2. The molecule has 0 radical (unpaired) electrons. The molecule has 1 atom stereocenters. The zero-order chi connectivity index (χ0) is 13.3. The van der Waals surface area contributed by atoms with Gasteiger partial charge in [0, 0.05) is 19.0 Å². The van der Waals surface area contributed by atoms with Crippen molar-refractivity contribution >= 4 is 21.6 Å². The molecule has 1 N–H and O–H groups in total. The van der Waals surface area contributed by atoms with Gasteiger partial charge in [-0.25, -0.2) is 8.42 Å². The molecular weight excluding hydrogens is 274 g/mol. The zero-order valence-electron chi connectivity index (χ0n) is 10.6. The molecule has 5 nitrogen and oxygen atoms in total. The highest BCUT2D eigenvalue weighted by Crippen LogP contribution is 2.28. The molecule has 0 aromatic carbocycles. The van der Waals surface area contributed by atoms with Gasteiger partial charge in [-0.05, 0) is 32.6 Å². The normalized spacial score (nSPS) is 21.6. The fourth-order valence-electron chi connectivity index (χ4n) is 2.46. The summed E-state index contributed by atoms with van der Waals surface area (Å²) >= 11 is 5.71. The molecule has 2 heterocycles. The van der Waals surface area contributed by atoms with Crippen LogP contribution in [0.25, 0.3) is 0 Å². The Morgan fingerprint density at radius 3 is 2.78 bits per heavy atom. The molecule has 0 aliphatic carbocycles. The number of sulfonamides is 1. The lowest BCUT2D eigenvalue weighted by Gasteiger charge is -2.16. The lowest BCUT2D eigenvalue weighted by molar-refractivity contribution is 0.453. The number of nitrogens with one attached hydrogen (secondary N) is 1. The molecule has 0 spiro atoms. The average Bonchev–Trinajstić information content (AvgIpc) is 2.87. The van der Waals surface area contributed by atoms with E-state index in [0.717, 1.165) is 12.8 Å². The maximum atomic E-state index is 12.5. The van der Waals surface area contributed by atoms with Crippen molar-refractivity contribution in [3.05, 3.63) is 11.4 Å². The second-order valence-corrected chi connectivity index (χ2v) is 7.01. The van der Waals surface area contributed by atoms with Crippen molar-refractivity contribution in [3.8, 4) is 0 Å². The number of H-pyrrole nitrogens is 1. The summed E-state index contributed by atoms with van der Waals surface area (Å²) < 4.78 is 26.6. The molecule has 0 amide bonds. The summed E-state index contributed by atoms with van der Waals surface area (Å²) in [6.07, 6.45) is 1.76. The van der Waals surface area contributed by atoms with Crippen LogP contribution >= 0.6 is 11.6 Å². The number of aromatic amines is 1. The first-order valence-electron chi connectivity index (χ1n) is 6.04. The fraction of sp³-hybridized carbons (Fsp3) is 0.727. The van der Waals surface area contributed by atoms with Crippen LogP contribution in [0.2, 0.25) is 0 Å². The molecule has 1 fully saturated rings. The minimum atomic E-state index is -3.41. The van der Waals surface area contributed by atoms with Crippen molar-refractivity contribution < 1.29 is 8.42 Å². The van der Waals surface area contributed by atoms with E-state index in [1.165, 1.54) is 0 Å². The fourth-order valence-corrected chi connectivity index (χ4v) is 4.63. The van der Waals surface area contributed by atoms with Crippen LogP contribution in [-0.2, 0) is 10.0 Å². The molecule has 1 aromatic heterocycles. The van der Waals surface area contributed by atoms with Gasteiger partial charge in [-0.2, -0.15) is 9.40 Å². The van der Waals surface area contributed by atoms with Crippen LogP contribution in [-0.4, -0.2) is 41.9 Å². The first-order chi connectivity index (χ1) is 8.46. The summed E-state index contributed by atoms with van der Waals surface area (Å²) in [5.41, 5.74) is 1.14. The van der Waals surface area contributed by atoms with Gasteiger partial charge in [0.25, 0.3) is 0 Å². The van der Waals surface area contributed by atoms with Gasteiger partial charge in [0.2, 0.25) is 10.0 Å². The molecule has 1 unspecified atom stereocenters. The van der Waals surface area contributed by atoms with Crippen LogP contribution in [0.1, 0.15) is 24.2 Å². The van der Waals surface area contributed by atoms with Gasteiger partial charge in [0.05, 0.1) is 11.4 Å². The molecule has 0 saturated carbocycles. The predicted octanol–water partition coefficient (Wildman–Crippen LogP) is 1.67. The third kappa shape index (κ3) is 2.41. The van der Waals surface area contributed by atoms with Crippen molar-refractivity contribution in [1.29, 1.82) is 0 Å². The van der Waals surface area contributed by atoms with Gasteiger partial charge in [-0.15, -0.1) is 11.6 Å². The van der Waals surface area contributed by atoms with E-state index >= 15 is 0 Å². The number of rotatable bonds is 4. The summed E-state index contributed by atoms with van der Waals surface area (Å²) in [7, 11) is -3.41. The Hall–Kier alpha value is -0.590. The van der Waals surface area contributed by atoms with E-state index in [9.17, 15) is 8.42 Å². The molecule has 1 aliphatic rings. The van der Waals surface area contributed by atoms with Crippen LogP contribution in [0.15, 0.2) is 4.90 Å². The van der Waals surface area contributed by atoms with Crippen LogP contribution in [0.3, 0.4) is 0 Å². The number of hydrogen-bond acceptors (Lipinski definition) is 3. The van der Waals surface area contributed by atoms with E-state index in [-0.39, 0.29) is 0 Å². The standard InChI is InChI=1S/C11H18ClN3O2S/c1-8-11(9(2)14-13-8)18(16,17)15-6-4-10(7-15)3-5-12/h10H,3-7H2,1-2H3,(H,13,14). The Morgan fingerprint density at radius 1 is 1.50 bits per heavy atom. The minimum absolute atomic E-state index is 0.328. The Balaban J connectivity index is 2.23. The monoisotopic (exact) mass is 291 g/mol. The number of nitrogens with zero attached hydrogens (tertiary/aromatic N) is 2. The van der Waals surface area contributed by atoms with Crippen LogP contribution < -0.4 is 0 Å². The van der Waals surface area contributed by atoms with E-state index in [1.54, 1.807) is 18.2 Å². The maximum Gasteiger partial charge on any atom is 0.246 e. The topological polar surface area (TPSA) is 66.1 Å². The maximum absolute atomic E-state index is 12.5. The summed E-state index contributed by atoms with van der Waals surface area (Å²) in [6, 6.07) is 0. The third-order valence-electron chi connectivity index (χ3n) is 3.42. The quantitative estimate of drug-likeness (QED) is 0.858. The Bertz CT molecular complexity index is 507. The van der Waals surface area contributed by atoms with Gasteiger partial charge >= 0.3 is 0 Å². The van der Waals surface area contributed by atoms with Crippen molar-refractivity contribution in [1.82, 2.24) is 14.5 Å². The molecular formula is C11H18ClN3O2S. The molecule has 2 rings (SSSR count). The highest BCUT2D eigenvalue weighted by molar-refractivity contribution is 7.89. The lowest BCUT2D eigenvalue weighted by atomic mass is 10.1. The van der Waals surface area contributed by atoms with Crippen molar-refractivity contribution in [2.45, 2.75) is 31.6 Å². The highest BCUT2D eigenvalue weighted by atomic mass is 35.5. The Labute approximate surface area is 113 Å². The molecule has 7 heteroatoms. The number of hydrogen-bond donors (Lipinski definition) is 1. The van der Waals surface area contributed by atoms with Crippen LogP contribution in [0.4, 0.5) is 0 Å². The van der Waals surface area contributed by atoms with Crippen molar-refractivity contribution in [3.63, 3.8) is 0 Å². The van der Waals surface area contributed by atoms with E-state index in [1.807, 2.05) is 0 Å². The average molecular weight is 292 g/mol. The van der Waals surface area contributed by atoms with Gasteiger partial charge in [-0.3, -0.25) is 5.10 Å². The molecule has 1 saturated heterocycles. The second kappa shape index (κ2) is 5.19. The van der Waals surface area contributed by atoms with E-state index in [4.69, 9.17) is 11.6 Å². The Morgan fingerprint density at radius 2 is 2.22 bits per heavy atom. The number of halogens is 1. The molecule has 1 aromatic rings.